The number of fused-ring (bicyclic) bond motifs is 1. The molecule has 3 saturated heterocycles. The highest BCUT2D eigenvalue weighted by Crippen LogP contribution is 2.67. The molecule has 2 bridgehead atoms. The first-order chi connectivity index (χ1) is 15.9. The molecule has 4 aliphatic rings. The first kappa shape index (κ1) is 25.0. The summed E-state index contributed by atoms with van der Waals surface area (Å²) in [6, 6.07) is -0.505. The molecule has 3 heterocycles. The second-order valence-electron chi connectivity index (χ2n) is 9.89. The van der Waals surface area contributed by atoms with Gasteiger partial charge in [0.2, 0.25) is 11.8 Å². The van der Waals surface area contributed by atoms with Crippen molar-refractivity contribution in [1.29, 1.82) is 0 Å². The number of unbranched alkanes of at least 4 members (excludes halogenated alkanes) is 2. The van der Waals surface area contributed by atoms with Crippen molar-refractivity contribution in [3.63, 3.8) is 0 Å². The second kappa shape index (κ2) is 10.3. The molecule has 0 aromatic carbocycles. The zero-order chi connectivity index (χ0) is 23.8. The molecule has 4 fully saturated rings. The van der Waals surface area contributed by atoms with Crippen LogP contribution in [0.25, 0.3) is 0 Å². The lowest BCUT2D eigenvalue weighted by atomic mass is 9.71. The van der Waals surface area contributed by atoms with Crippen LogP contribution in [0.1, 0.15) is 57.8 Å². The Bertz CT molecular complexity index is 791. The summed E-state index contributed by atoms with van der Waals surface area (Å²) in [6.07, 6.45) is 9.77. The number of aliphatic carboxylic acids is 1. The van der Waals surface area contributed by atoms with Crippen molar-refractivity contribution in [3.8, 4) is 0 Å². The average molecular weight is 544 g/mol. The number of carbonyl (C=O) groups is 3. The monoisotopic (exact) mass is 542 g/mol. The number of rotatable bonds is 10. The first-order valence-corrected chi connectivity index (χ1v) is 14.0. The van der Waals surface area contributed by atoms with Gasteiger partial charge in [0.25, 0.3) is 0 Å². The van der Waals surface area contributed by atoms with Gasteiger partial charge in [0.1, 0.15) is 6.04 Å². The van der Waals surface area contributed by atoms with Gasteiger partial charge in [-0.2, -0.15) is 0 Å². The van der Waals surface area contributed by atoms with Crippen LogP contribution in [-0.2, 0) is 14.4 Å². The molecular weight excluding hydrogens is 508 g/mol. The number of aliphatic hydroxyl groups excluding tert-OH is 1. The summed E-state index contributed by atoms with van der Waals surface area (Å²) in [4.78, 5) is 43.8. The second-order valence-corrected chi connectivity index (χ2v) is 12.6. The molecule has 7 nitrogen and oxygen atoms in total. The Hall–Kier alpha value is -1.06. The Morgan fingerprint density at radius 2 is 1.97 bits per heavy atom. The Balaban J connectivity index is 1.69. The molecule has 33 heavy (non-hydrogen) atoms. The normalized spacial score (nSPS) is 35.6. The fourth-order valence-corrected chi connectivity index (χ4v) is 10.2. The number of likely N-dealkylation sites (tertiary alicyclic amines) is 1. The molecule has 6 atom stereocenters. The van der Waals surface area contributed by atoms with Gasteiger partial charge in [-0.1, -0.05) is 41.3 Å². The van der Waals surface area contributed by atoms with Crippen molar-refractivity contribution >= 4 is 45.5 Å². The SMILES string of the molecule is C=CCN(C(=O)C1N(CCCCCO)C(=O)[C@@H]2[C@@H](C(=O)O)[C@@H]3SC12CC3Br)C1CCCCC1. The minimum Gasteiger partial charge on any atom is -0.481 e. The number of thioether (sulfide) groups is 1. The van der Waals surface area contributed by atoms with Crippen molar-refractivity contribution in [3.05, 3.63) is 12.7 Å². The molecule has 0 radical (unpaired) electrons. The molecule has 0 aromatic rings. The number of nitrogens with zero attached hydrogens (tertiary/aromatic N) is 2. The quantitative estimate of drug-likeness (QED) is 0.250. The summed E-state index contributed by atoms with van der Waals surface area (Å²) in [5.74, 6) is -2.61. The van der Waals surface area contributed by atoms with Gasteiger partial charge in [0.15, 0.2) is 0 Å². The van der Waals surface area contributed by atoms with Crippen LogP contribution in [-0.4, -0.2) is 84.4 Å². The van der Waals surface area contributed by atoms with Crippen molar-refractivity contribution in [2.45, 2.75) is 84.7 Å². The number of amides is 2. The number of halogens is 1. The van der Waals surface area contributed by atoms with Crippen LogP contribution in [0, 0.1) is 11.8 Å². The van der Waals surface area contributed by atoms with E-state index in [-0.39, 0.29) is 34.5 Å². The Morgan fingerprint density at radius 3 is 2.61 bits per heavy atom. The highest BCUT2D eigenvalue weighted by Gasteiger charge is 2.76. The van der Waals surface area contributed by atoms with Crippen LogP contribution in [0.15, 0.2) is 12.7 Å². The lowest BCUT2D eigenvalue weighted by molar-refractivity contribution is -0.148. The van der Waals surface area contributed by atoms with E-state index in [0.717, 1.165) is 32.1 Å². The predicted molar refractivity (Wildman–Crippen MR) is 131 cm³/mol. The van der Waals surface area contributed by atoms with Gasteiger partial charge in [-0.05, 0) is 38.5 Å². The van der Waals surface area contributed by atoms with E-state index in [1.807, 2.05) is 4.90 Å². The molecule has 2 amide bonds. The zero-order valence-electron chi connectivity index (χ0n) is 19.0. The van der Waals surface area contributed by atoms with Gasteiger partial charge in [-0.25, -0.2) is 0 Å². The summed E-state index contributed by atoms with van der Waals surface area (Å²) in [7, 11) is 0. The molecule has 2 N–H and O–H groups in total. The molecule has 9 heteroatoms. The fraction of sp³-hybridized carbons (Fsp3) is 0.792. The summed E-state index contributed by atoms with van der Waals surface area (Å²) in [5.41, 5.74) is 0. The molecular formula is C24H35BrN2O5S. The highest BCUT2D eigenvalue weighted by molar-refractivity contribution is 9.09. The Kier molecular flexibility index (Phi) is 7.80. The number of carboxylic acids is 1. The highest BCUT2D eigenvalue weighted by atomic mass is 79.9. The molecule has 3 aliphatic heterocycles. The van der Waals surface area contributed by atoms with Gasteiger partial charge in [0, 0.05) is 35.8 Å². The maximum atomic E-state index is 14.3. The third-order valence-corrected chi connectivity index (χ3v) is 11.2. The van der Waals surface area contributed by atoms with E-state index in [4.69, 9.17) is 5.11 Å². The summed E-state index contributed by atoms with van der Waals surface area (Å²) in [6.45, 7) is 4.85. The number of carbonyl (C=O) groups excluding carboxylic acids is 2. The zero-order valence-corrected chi connectivity index (χ0v) is 21.4. The smallest absolute Gasteiger partial charge is 0.308 e. The van der Waals surface area contributed by atoms with Gasteiger partial charge in [0.05, 0.1) is 16.6 Å². The van der Waals surface area contributed by atoms with E-state index < -0.39 is 28.6 Å². The maximum Gasteiger partial charge on any atom is 0.308 e. The van der Waals surface area contributed by atoms with E-state index in [1.165, 1.54) is 6.42 Å². The summed E-state index contributed by atoms with van der Waals surface area (Å²) < 4.78 is -0.707. The van der Waals surface area contributed by atoms with E-state index in [1.54, 1.807) is 22.7 Å². The minimum atomic E-state index is -0.944. The summed E-state index contributed by atoms with van der Waals surface area (Å²) >= 11 is 5.25. The topological polar surface area (TPSA) is 98.2 Å². The van der Waals surface area contributed by atoms with Crippen LogP contribution in [0.4, 0.5) is 0 Å². The number of hydrogen-bond donors (Lipinski definition) is 2. The maximum absolute atomic E-state index is 14.3. The molecule has 1 saturated carbocycles. The van der Waals surface area contributed by atoms with E-state index >= 15 is 0 Å². The minimum absolute atomic E-state index is 0.0279. The van der Waals surface area contributed by atoms with Crippen molar-refractivity contribution < 1.29 is 24.6 Å². The van der Waals surface area contributed by atoms with E-state index in [9.17, 15) is 19.5 Å². The van der Waals surface area contributed by atoms with Gasteiger partial charge in [-0.3, -0.25) is 14.4 Å². The van der Waals surface area contributed by atoms with Gasteiger partial charge < -0.3 is 20.0 Å². The number of alkyl halides is 1. The molecule has 4 rings (SSSR count). The Morgan fingerprint density at radius 1 is 1.24 bits per heavy atom. The van der Waals surface area contributed by atoms with Crippen LogP contribution in [0.5, 0.6) is 0 Å². The van der Waals surface area contributed by atoms with Crippen LogP contribution < -0.4 is 0 Å². The molecule has 184 valence electrons. The van der Waals surface area contributed by atoms with Crippen molar-refractivity contribution in [1.82, 2.24) is 9.80 Å². The largest absolute Gasteiger partial charge is 0.481 e. The standard InChI is InChI=1S/C24H35BrN2O5S/c1-2-11-26(15-9-5-3-6-10-15)22(30)20-24-14-16(25)19(33-24)17(23(31)32)18(24)21(29)27(20)12-7-4-8-13-28/h2,15-20,28H,1,3-14H2,(H,31,32)/t16?,17-,18+,19-,20?,24?/m1/s1. The number of aliphatic hydroxyl groups is 1. The molecule has 1 aliphatic carbocycles. The van der Waals surface area contributed by atoms with Crippen LogP contribution in [0.2, 0.25) is 0 Å². The van der Waals surface area contributed by atoms with Crippen molar-refractivity contribution in [2.24, 2.45) is 11.8 Å². The first-order valence-electron chi connectivity index (χ1n) is 12.2. The fourth-order valence-electron chi connectivity index (χ4n) is 6.61. The number of hydrogen-bond acceptors (Lipinski definition) is 5. The third-order valence-electron chi connectivity index (χ3n) is 7.99. The molecule has 3 unspecified atom stereocenters. The van der Waals surface area contributed by atoms with E-state index in [0.29, 0.717) is 32.4 Å². The average Bonchev–Trinajstić information content (AvgIpc) is 3.39. The molecule has 1 spiro atoms. The predicted octanol–water partition coefficient (Wildman–Crippen LogP) is 3.05. The Labute approximate surface area is 208 Å². The number of carboxylic acid groups (broad SMARTS) is 1. The lowest BCUT2D eigenvalue weighted by Crippen LogP contribution is -2.57. The van der Waals surface area contributed by atoms with E-state index in [2.05, 4.69) is 22.5 Å². The third kappa shape index (κ3) is 4.27. The lowest BCUT2D eigenvalue weighted by Gasteiger charge is -2.41. The summed E-state index contributed by atoms with van der Waals surface area (Å²) in [5, 5.41) is 19.0. The van der Waals surface area contributed by atoms with Gasteiger partial charge in [-0.15, -0.1) is 18.3 Å². The molecule has 0 aromatic heterocycles. The van der Waals surface area contributed by atoms with Crippen LogP contribution >= 0.6 is 27.7 Å². The van der Waals surface area contributed by atoms with Crippen LogP contribution in [0.3, 0.4) is 0 Å². The van der Waals surface area contributed by atoms with Crippen molar-refractivity contribution in [2.75, 3.05) is 19.7 Å². The van der Waals surface area contributed by atoms with Gasteiger partial charge >= 0.3 is 5.97 Å².